The largest absolute Gasteiger partial charge is 0.349 e. The normalized spacial score (nSPS) is 18.1. The van der Waals surface area contributed by atoms with Gasteiger partial charge in [0.2, 0.25) is 5.91 Å². The Labute approximate surface area is 128 Å². The van der Waals surface area contributed by atoms with Crippen molar-refractivity contribution in [1.82, 2.24) is 5.32 Å². The van der Waals surface area contributed by atoms with Crippen LogP contribution in [0.3, 0.4) is 0 Å². The number of nitrogens with one attached hydrogen (secondary N) is 1. The van der Waals surface area contributed by atoms with Crippen LogP contribution in [0.4, 0.5) is 0 Å². The summed E-state index contributed by atoms with van der Waals surface area (Å²) in [6, 6.07) is 8.55. The first-order valence-corrected chi connectivity index (χ1v) is 8.23. The lowest BCUT2D eigenvalue weighted by Gasteiger charge is -2.33. The highest BCUT2D eigenvalue weighted by molar-refractivity contribution is 5.78. The van der Waals surface area contributed by atoms with Crippen LogP contribution in [0, 0.1) is 0 Å². The molecular weight excluding hydrogens is 260 g/mol. The summed E-state index contributed by atoms with van der Waals surface area (Å²) in [6.45, 7) is 4.69. The van der Waals surface area contributed by atoms with Crippen molar-refractivity contribution in [2.24, 2.45) is 5.73 Å². The number of amides is 1. The zero-order valence-electron chi connectivity index (χ0n) is 13.3. The van der Waals surface area contributed by atoms with Crippen LogP contribution in [0.2, 0.25) is 0 Å². The number of carbonyl (C=O) groups excluding carboxylic acids is 1. The van der Waals surface area contributed by atoms with Crippen LogP contribution in [0.15, 0.2) is 24.3 Å². The Balaban J connectivity index is 2.04. The molecule has 1 aromatic carbocycles. The van der Waals surface area contributed by atoms with Crippen molar-refractivity contribution < 1.29 is 4.79 Å². The molecule has 0 saturated heterocycles. The van der Waals surface area contributed by atoms with Gasteiger partial charge >= 0.3 is 0 Å². The Morgan fingerprint density at radius 1 is 1.33 bits per heavy atom. The third-order valence-electron chi connectivity index (χ3n) is 5.07. The van der Waals surface area contributed by atoms with Gasteiger partial charge in [-0.25, -0.2) is 0 Å². The topological polar surface area (TPSA) is 55.1 Å². The molecule has 1 aromatic rings. The molecule has 0 saturated carbocycles. The van der Waals surface area contributed by atoms with Gasteiger partial charge in [-0.1, -0.05) is 38.1 Å². The molecule has 0 spiro atoms. The Morgan fingerprint density at radius 2 is 2.05 bits per heavy atom. The predicted octanol–water partition coefficient (Wildman–Crippen LogP) is 3.13. The van der Waals surface area contributed by atoms with Crippen LogP contribution in [-0.4, -0.2) is 18.0 Å². The third-order valence-corrected chi connectivity index (χ3v) is 5.07. The maximum Gasteiger partial charge on any atom is 0.221 e. The van der Waals surface area contributed by atoms with Crippen LogP contribution >= 0.6 is 0 Å². The molecular formula is C18H28N2O. The van der Waals surface area contributed by atoms with Crippen molar-refractivity contribution in [2.45, 2.75) is 63.8 Å². The van der Waals surface area contributed by atoms with Crippen molar-refractivity contribution in [3.63, 3.8) is 0 Å². The van der Waals surface area contributed by atoms with Gasteiger partial charge in [0.05, 0.1) is 5.54 Å². The van der Waals surface area contributed by atoms with E-state index >= 15 is 0 Å². The monoisotopic (exact) mass is 288 g/mol. The van der Waals surface area contributed by atoms with Crippen LogP contribution < -0.4 is 11.1 Å². The number of nitrogens with two attached hydrogens (primary N) is 1. The average Bonchev–Trinajstić information content (AvgIpc) is 2.53. The van der Waals surface area contributed by atoms with E-state index in [1.807, 2.05) is 0 Å². The number of benzene rings is 1. The molecule has 1 amide bonds. The molecule has 0 heterocycles. The van der Waals surface area contributed by atoms with E-state index in [1.165, 1.54) is 17.5 Å². The lowest BCUT2D eigenvalue weighted by atomic mass is 9.80. The van der Waals surface area contributed by atoms with Gasteiger partial charge in [0.15, 0.2) is 0 Å². The summed E-state index contributed by atoms with van der Waals surface area (Å²) < 4.78 is 0. The summed E-state index contributed by atoms with van der Waals surface area (Å²) in [5.41, 5.74) is 8.42. The predicted molar refractivity (Wildman–Crippen MR) is 87.2 cm³/mol. The zero-order valence-corrected chi connectivity index (χ0v) is 13.3. The minimum atomic E-state index is -0.231. The summed E-state index contributed by atoms with van der Waals surface area (Å²) in [5, 5.41) is 3.19. The molecule has 3 nitrogen and oxygen atoms in total. The second-order valence-corrected chi connectivity index (χ2v) is 6.23. The smallest absolute Gasteiger partial charge is 0.221 e. The summed E-state index contributed by atoms with van der Waals surface area (Å²) in [4.78, 5) is 12.4. The first-order valence-electron chi connectivity index (χ1n) is 8.23. The minimum absolute atomic E-state index is 0.144. The summed E-state index contributed by atoms with van der Waals surface area (Å²) in [7, 11) is 0. The van der Waals surface area contributed by atoms with E-state index in [1.54, 1.807) is 0 Å². The van der Waals surface area contributed by atoms with E-state index in [0.29, 0.717) is 18.9 Å². The molecule has 1 aliphatic rings. The highest BCUT2D eigenvalue weighted by Crippen LogP contribution is 2.33. The SMILES string of the molecule is CCC(CC)(CN)NC(=O)CC1CCCc2ccccc21. The van der Waals surface area contributed by atoms with Crippen LogP contribution in [0.5, 0.6) is 0 Å². The molecule has 0 fully saturated rings. The molecule has 116 valence electrons. The van der Waals surface area contributed by atoms with E-state index < -0.39 is 0 Å². The van der Waals surface area contributed by atoms with Gasteiger partial charge in [-0.2, -0.15) is 0 Å². The highest BCUT2D eigenvalue weighted by Gasteiger charge is 2.28. The van der Waals surface area contributed by atoms with Gasteiger partial charge in [-0.15, -0.1) is 0 Å². The lowest BCUT2D eigenvalue weighted by molar-refractivity contribution is -0.123. The van der Waals surface area contributed by atoms with Crippen LogP contribution in [0.25, 0.3) is 0 Å². The summed E-state index contributed by atoms with van der Waals surface area (Å²) in [5.74, 6) is 0.505. The maximum atomic E-state index is 12.4. The first kappa shape index (κ1) is 16.0. The van der Waals surface area contributed by atoms with Gasteiger partial charge in [0.1, 0.15) is 0 Å². The molecule has 2 rings (SSSR count). The Bertz CT molecular complexity index is 472. The molecule has 0 aliphatic heterocycles. The Hall–Kier alpha value is -1.35. The van der Waals surface area contributed by atoms with Crippen molar-refractivity contribution in [3.05, 3.63) is 35.4 Å². The molecule has 0 aromatic heterocycles. The van der Waals surface area contributed by atoms with Gasteiger partial charge in [-0.3, -0.25) is 4.79 Å². The molecule has 1 aliphatic carbocycles. The molecule has 0 bridgehead atoms. The zero-order chi connectivity index (χ0) is 15.3. The van der Waals surface area contributed by atoms with E-state index in [-0.39, 0.29) is 11.4 Å². The fourth-order valence-corrected chi connectivity index (χ4v) is 3.40. The number of rotatable bonds is 6. The number of carbonyl (C=O) groups is 1. The first-order chi connectivity index (χ1) is 10.1. The standard InChI is InChI=1S/C18H28N2O/c1-3-18(4-2,13-19)20-17(21)12-15-10-7-9-14-8-5-6-11-16(14)15/h5-6,8,11,15H,3-4,7,9-10,12-13,19H2,1-2H3,(H,20,21). The molecule has 21 heavy (non-hydrogen) atoms. The van der Waals surface area contributed by atoms with E-state index in [4.69, 9.17) is 5.73 Å². The van der Waals surface area contributed by atoms with Crippen molar-refractivity contribution in [2.75, 3.05) is 6.54 Å². The second-order valence-electron chi connectivity index (χ2n) is 6.23. The van der Waals surface area contributed by atoms with Gasteiger partial charge in [-0.05, 0) is 49.1 Å². The van der Waals surface area contributed by atoms with E-state index in [0.717, 1.165) is 25.7 Å². The Kier molecular flexibility index (Phi) is 5.40. The second kappa shape index (κ2) is 7.08. The number of aryl methyl sites for hydroxylation is 1. The van der Waals surface area contributed by atoms with Gasteiger partial charge in [0.25, 0.3) is 0 Å². The van der Waals surface area contributed by atoms with Crippen molar-refractivity contribution >= 4 is 5.91 Å². The quantitative estimate of drug-likeness (QED) is 0.845. The van der Waals surface area contributed by atoms with E-state index in [9.17, 15) is 4.79 Å². The number of fused-ring (bicyclic) bond motifs is 1. The molecule has 3 N–H and O–H groups in total. The molecule has 1 unspecified atom stereocenters. The third kappa shape index (κ3) is 3.65. The average molecular weight is 288 g/mol. The number of hydrogen-bond acceptors (Lipinski definition) is 2. The van der Waals surface area contributed by atoms with Crippen LogP contribution in [0.1, 0.15) is 63.0 Å². The van der Waals surface area contributed by atoms with Gasteiger partial charge < -0.3 is 11.1 Å². The van der Waals surface area contributed by atoms with Crippen LogP contribution in [-0.2, 0) is 11.2 Å². The molecule has 0 radical (unpaired) electrons. The fourth-order valence-electron chi connectivity index (χ4n) is 3.40. The molecule has 3 heteroatoms. The maximum absolute atomic E-state index is 12.4. The van der Waals surface area contributed by atoms with E-state index in [2.05, 4.69) is 43.4 Å². The summed E-state index contributed by atoms with van der Waals surface area (Å²) >= 11 is 0. The summed E-state index contributed by atoms with van der Waals surface area (Å²) in [6.07, 6.45) is 5.78. The Morgan fingerprint density at radius 3 is 2.71 bits per heavy atom. The minimum Gasteiger partial charge on any atom is -0.349 e. The highest BCUT2D eigenvalue weighted by atomic mass is 16.1. The molecule has 1 atom stereocenters. The van der Waals surface area contributed by atoms with Gasteiger partial charge in [0, 0.05) is 13.0 Å². The van der Waals surface area contributed by atoms with Crippen molar-refractivity contribution in [1.29, 1.82) is 0 Å². The van der Waals surface area contributed by atoms with Crippen molar-refractivity contribution in [3.8, 4) is 0 Å². The lowest BCUT2D eigenvalue weighted by Crippen LogP contribution is -2.53. The fraction of sp³-hybridized carbons (Fsp3) is 0.611. The number of hydrogen-bond donors (Lipinski definition) is 2.